The van der Waals surface area contributed by atoms with Crippen molar-refractivity contribution in [1.82, 2.24) is 5.32 Å². The number of benzene rings is 2. The molecule has 2 aromatic rings. The standard InChI is InChI=1S/C18H19NO2/c20-15-10-17(13-5-3-9-19-11-13)21-16-8-7-12-4-1-2-6-14(12)18(15)16/h1-2,4,6-8,13,17,19H,3,5,9-11H2. The first kappa shape index (κ1) is 12.8. The zero-order valence-electron chi connectivity index (χ0n) is 12.0. The van der Waals surface area contributed by atoms with Gasteiger partial charge in [0, 0.05) is 18.9 Å². The summed E-state index contributed by atoms with van der Waals surface area (Å²) in [4.78, 5) is 12.7. The number of ketones is 1. The molecule has 0 saturated carbocycles. The molecule has 0 bridgehead atoms. The van der Waals surface area contributed by atoms with Crippen LogP contribution in [0.1, 0.15) is 29.6 Å². The molecular formula is C18H19NO2. The Morgan fingerprint density at radius 1 is 1.14 bits per heavy atom. The predicted octanol–water partition coefficient (Wildman–Crippen LogP) is 3.17. The van der Waals surface area contributed by atoms with Crippen molar-refractivity contribution in [2.24, 2.45) is 5.92 Å². The molecule has 2 heterocycles. The average molecular weight is 281 g/mol. The van der Waals surface area contributed by atoms with Crippen LogP contribution in [0.3, 0.4) is 0 Å². The molecule has 2 aliphatic rings. The Hall–Kier alpha value is -1.87. The fraction of sp³-hybridized carbons (Fsp3) is 0.389. The van der Waals surface area contributed by atoms with Crippen molar-refractivity contribution in [3.05, 3.63) is 42.0 Å². The van der Waals surface area contributed by atoms with Gasteiger partial charge in [0.05, 0.1) is 5.56 Å². The van der Waals surface area contributed by atoms with Crippen LogP contribution in [-0.2, 0) is 0 Å². The van der Waals surface area contributed by atoms with E-state index >= 15 is 0 Å². The molecule has 1 N–H and O–H groups in total. The highest BCUT2D eigenvalue weighted by atomic mass is 16.5. The molecule has 4 rings (SSSR count). The van der Waals surface area contributed by atoms with Gasteiger partial charge in [-0.05, 0) is 36.2 Å². The average Bonchev–Trinajstić information content (AvgIpc) is 2.55. The highest BCUT2D eigenvalue weighted by molar-refractivity contribution is 6.11. The Bertz CT molecular complexity index is 689. The van der Waals surface area contributed by atoms with Gasteiger partial charge >= 0.3 is 0 Å². The van der Waals surface area contributed by atoms with Crippen molar-refractivity contribution in [3.8, 4) is 5.75 Å². The van der Waals surface area contributed by atoms with E-state index in [1.54, 1.807) is 0 Å². The summed E-state index contributed by atoms with van der Waals surface area (Å²) < 4.78 is 6.19. The lowest BCUT2D eigenvalue weighted by Gasteiger charge is -2.34. The summed E-state index contributed by atoms with van der Waals surface area (Å²) in [6.45, 7) is 2.04. The number of piperidine rings is 1. The van der Waals surface area contributed by atoms with Crippen LogP contribution in [-0.4, -0.2) is 25.0 Å². The molecule has 2 atom stereocenters. The fourth-order valence-electron chi connectivity index (χ4n) is 3.59. The van der Waals surface area contributed by atoms with Crippen LogP contribution < -0.4 is 10.1 Å². The SMILES string of the molecule is O=C1CC(C2CCCNC2)Oc2ccc3ccccc3c21. The number of hydrogen-bond donors (Lipinski definition) is 1. The summed E-state index contributed by atoms with van der Waals surface area (Å²) in [6.07, 6.45) is 2.85. The third kappa shape index (κ3) is 2.22. The van der Waals surface area contributed by atoms with Crippen molar-refractivity contribution >= 4 is 16.6 Å². The minimum atomic E-state index is 0.0268. The number of ether oxygens (including phenoxy) is 1. The van der Waals surface area contributed by atoms with E-state index in [9.17, 15) is 4.79 Å². The molecule has 1 saturated heterocycles. The number of rotatable bonds is 1. The van der Waals surface area contributed by atoms with Crippen LogP contribution in [0.4, 0.5) is 0 Å². The van der Waals surface area contributed by atoms with Gasteiger partial charge in [0.15, 0.2) is 5.78 Å². The van der Waals surface area contributed by atoms with Crippen molar-refractivity contribution in [1.29, 1.82) is 0 Å². The van der Waals surface area contributed by atoms with Gasteiger partial charge in [-0.2, -0.15) is 0 Å². The summed E-state index contributed by atoms with van der Waals surface area (Å²) in [5.74, 6) is 1.44. The zero-order valence-corrected chi connectivity index (χ0v) is 12.0. The molecular weight excluding hydrogens is 262 g/mol. The molecule has 0 aromatic heterocycles. The molecule has 0 spiro atoms. The normalized spacial score (nSPS) is 25.4. The summed E-state index contributed by atoms with van der Waals surface area (Å²) in [6, 6.07) is 12.0. The number of Topliss-reactive ketones (excluding diaryl/α,β-unsaturated/α-hetero) is 1. The lowest BCUT2D eigenvalue weighted by molar-refractivity contribution is 0.0687. The maximum Gasteiger partial charge on any atom is 0.170 e. The molecule has 21 heavy (non-hydrogen) atoms. The Morgan fingerprint density at radius 3 is 2.90 bits per heavy atom. The maximum absolute atomic E-state index is 12.7. The number of carbonyl (C=O) groups excluding carboxylic acids is 1. The molecule has 2 aliphatic heterocycles. The number of hydrogen-bond acceptors (Lipinski definition) is 3. The second-order valence-electron chi connectivity index (χ2n) is 6.05. The summed E-state index contributed by atoms with van der Waals surface area (Å²) in [7, 11) is 0. The summed E-state index contributed by atoms with van der Waals surface area (Å²) >= 11 is 0. The van der Waals surface area contributed by atoms with Crippen LogP contribution >= 0.6 is 0 Å². The van der Waals surface area contributed by atoms with Crippen LogP contribution in [0.5, 0.6) is 5.75 Å². The number of fused-ring (bicyclic) bond motifs is 3. The highest BCUT2D eigenvalue weighted by Gasteiger charge is 2.33. The quantitative estimate of drug-likeness (QED) is 0.872. The number of carbonyl (C=O) groups is 1. The molecule has 3 nitrogen and oxygen atoms in total. The maximum atomic E-state index is 12.7. The van der Waals surface area contributed by atoms with Gasteiger partial charge in [-0.1, -0.05) is 30.3 Å². The van der Waals surface area contributed by atoms with Gasteiger partial charge in [-0.25, -0.2) is 0 Å². The van der Waals surface area contributed by atoms with Crippen molar-refractivity contribution in [2.75, 3.05) is 13.1 Å². The van der Waals surface area contributed by atoms with Crippen LogP contribution in [0, 0.1) is 5.92 Å². The van der Waals surface area contributed by atoms with E-state index in [1.807, 2.05) is 36.4 Å². The van der Waals surface area contributed by atoms with Gasteiger partial charge in [0.1, 0.15) is 11.9 Å². The molecule has 0 radical (unpaired) electrons. The molecule has 2 unspecified atom stereocenters. The Balaban J connectivity index is 1.72. The molecule has 1 fully saturated rings. The Kier molecular flexibility index (Phi) is 3.15. The van der Waals surface area contributed by atoms with E-state index in [1.165, 1.54) is 6.42 Å². The largest absolute Gasteiger partial charge is 0.489 e. The van der Waals surface area contributed by atoms with E-state index in [0.29, 0.717) is 12.3 Å². The van der Waals surface area contributed by atoms with E-state index in [-0.39, 0.29) is 11.9 Å². The van der Waals surface area contributed by atoms with E-state index in [0.717, 1.165) is 41.6 Å². The second kappa shape index (κ2) is 5.15. The van der Waals surface area contributed by atoms with Crippen LogP contribution in [0.2, 0.25) is 0 Å². The van der Waals surface area contributed by atoms with Gasteiger partial charge in [0.2, 0.25) is 0 Å². The lowest BCUT2D eigenvalue weighted by atomic mass is 9.86. The highest BCUT2D eigenvalue weighted by Crippen LogP contribution is 2.36. The fourth-order valence-corrected chi connectivity index (χ4v) is 3.59. The monoisotopic (exact) mass is 281 g/mol. The molecule has 2 aromatic carbocycles. The first-order valence-corrected chi connectivity index (χ1v) is 7.75. The van der Waals surface area contributed by atoms with Crippen molar-refractivity contribution in [2.45, 2.75) is 25.4 Å². The van der Waals surface area contributed by atoms with Crippen LogP contribution in [0.15, 0.2) is 36.4 Å². The second-order valence-corrected chi connectivity index (χ2v) is 6.05. The van der Waals surface area contributed by atoms with E-state index < -0.39 is 0 Å². The topological polar surface area (TPSA) is 38.3 Å². The Labute approximate surface area is 124 Å². The minimum Gasteiger partial charge on any atom is -0.489 e. The zero-order chi connectivity index (χ0) is 14.2. The van der Waals surface area contributed by atoms with Gasteiger partial charge in [-0.15, -0.1) is 0 Å². The molecule has 108 valence electrons. The smallest absolute Gasteiger partial charge is 0.170 e. The summed E-state index contributed by atoms with van der Waals surface area (Å²) in [5, 5.41) is 5.53. The minimum absolute atomic E-state index is 0.0268. The van der Waals surface area contributed by atoms with Crippen molar-refractivity contribution in [3.63, 3.8) is 0 Å². The van der Waals surface area contributed by atoms with Gasteiger partial charge in [0.25, 0.3) is 0 Å². The summed E-state index contributed by atoms with van der Waals surface area (Å²) in [5.41, 5.74) is 0.771. The molecule has 0 aliphatic carbocycles. The van der Waals surface area contributed by atoms with Crippen molar-refractivity contribution < 1.29 is 9.53 Å². The lowest BCUT2D eigenvalue weighted by Crippen LogP contribution is -2.42. The number of nitrogens with one attached hydrogen (secondary N) is 1. The predicted molar refractivity (Wildman–Crippen MR) is 82.9 cm³/mol. The Morgan fingerprint density at radius 2 is 2.05 bits per heavy atom. The van der Waals surface area contributed by atoms with E-state index in [4.69, 9.17) is 4.74 Å². The third-order valence-corrected chi connectivity index (χ3v) is 4.70. The first-order valence-electron chi connectivity index (χ1n) is 7.75. The molecule has 0 amide bonds. The van der Waals surface area contributed by atoms with Gasteiger partial charge in [-0.3, -0.25) is 4.79 Å². The van der Waals surface area contributed by atoms with Gasteiger partial charge < -0.3 is 10.1 Å². The third-order valence-electron chi connectivity index (χ3n) is 4.70. The first-order chi connectivity index (χ1) is 10.3. The van der Waals surface area contributed by atoms with Crippen LogP contribution in [0.25, 0.3) is 10.8 Å². The molecule has 3 heteroatoms. The van der Waals surface area contributed by atoms with E-state index in [2.05, 4.69) is 5.32 Å².